The third-order valence-electron chi connectivity index (χ3n) is 1.49. The van der Waals surface area contributed by atoms with Crippen LogP contribution in [0.2, 0.25) is 0 Å². The van der Waals surface area contributed by atoms with E-state index in [-0.39, 0.29) is 5.75 Å². The summed E-state index contributed by atoms with van der Waals surface area (Å²) in [6, 6.07) is 6.89. The molecule has 0 bridgehead atoms. The summed E-state index contributed by atoms with van der Waals surface area (Å²) in [6.45, 7) is 0. The van der Waals surface area contributed by atoms with Crippen molar-refractivity contribution in [1.82, 2.24) is 0 Å². The van der Waals surface area contributed by atoms with E-state index >= 15 is 0 Å². The Morgan fingerprint density at radius 1 is 1.29 bits per heavy atom. The second-order valence-corrected chi connectivity index (χ2v) is 2.78. The lowest BCUT2D eigenvalue weighted by Gasteiger charge is -1.96. The monoisotopic (exact) mass is 196 g/mol. The molecule has 0 atom stereocenters. The maximum atomic E-state index is 10.00. The molecule has 0 unspecified atom stereocenters. The molecule has 0 saturated heterocycles. The number of aromatic hydroxyl groups is 1. The number of hydrogen-bond acceptors (Lipinski definition) is 3. The van der Waals surface area contributed by atoms with Crippen molar-refractivity contribution in [2.24, 2.45) is 0 Å². The number of phenolic OH excluding ortho intramolecular Hbond substituents is 1. The molecular formula is C11H16O3. The fourth-order valence-electron chi connectivity index (χ4n) is 0.888. The van der Waals surface area contributed by atoms with E-state index in [2.05, 4.69) is 4.74 Å². The molecule has 0 aromatic heterocycles. The fraction of sp³-hybridized carbons (Fsp3) is 0.364. The number of aldehydes is 1. The predicted octanol–water partition coefficient (Wildman–Crippen LogP) is 1.79. The minimum absolute atomic E-state index is 0.264. The maximum Gasteiger partial charge on any atom is 0.120 e. The van der Waals surface area contributed by atoms with Crippen LogP contribution in [0.25, 0.3) is 0 Å². The van der Waals surface area contributed by atoms with Gasteiger partial charge >= 0.3 is 0 Å². The normalized spacial score (nSPS) is 8.71. The summed E-state index contributed by atoms with van der Waals surface area (Å²) >= 11 is 0. The van der Waals surface area contributed by atoms with E-state index in [0.29, 0.717) is 6.42 Å². The Labute approximate surface area is 84.3 Å². The highest BCUT2D eigenvalue weighted by Crippen LogP contribution is 2.10. The van der Waals surface area contributed by atoms with Gasteiger partial charge in [-0.05, 0) is 24.1 Å². The summed E-state index contributed by atoms with van der Waals surface area (Å²) in [5, 5.41) is 8.91. The zero-order valence-electron chi connectivity index (χ0n) is 8.56. The summed E-state index contributed by atoms with van der Waals surface area (Å²) < 4.78 is 4.25. The van der Waals surface area contributed by atoms with Gasteiger partial charge in [-0.15, -0.1) is 0 Å². The minimum Gasteiger partial charge on any atom is -0.508 e. The first-order valence-electron chi connectivity index (χ1n) is 4.36. The van der Waals surface area contributed by atoms with Crippen molar-refractivity contribution >= 4 is 6.29 Å². The van der Waals surface area contributed by atoms with Crippen molar-refractivity contribution in [3.8, 4) is 5.75 Å². The summed E-state index contributed by atoms with van der Waals surface area (Å²) in [5.41, 5.74) is 1.08. The molecule has 0 amide bonds. The Balaban J connectivity index is 0.000000500. The van der Waals surface area contributed by atoms with Gasteiger partial charge in [0.2, 0.25) is 0 Å². The van der Waals surface area contributed by atoms with Crippen molar-refractivity contribution in [2.75, 3.05) is 14.2 Å². The molecule has 0 radical (unpaired) electrons. The van der Waals surface area contributed by atoms with E-state index in [4.69, 9.17) is 5.11 Å². The Kier molecular flexibility index (Phi) is 7.46. The standard InChI is InChI=1S/C9H10O2.C2H6O/c10-7-1-2-8-3-5-9(11)6-4-8;1-3-2/h3-7,11H,1-2H2;1-2H3. The molecule has 1 aromatic carbocycles. The zero-order chi connectivity index (χ0) is 10.8. The second kappa shape index (κ2) is 8.26. The van der Waals surface area contributed by atoms with E-state index in [1.807, 2.05) is 12.1 Å². The number of carbonyl (C=O) groups excluding carboxylic acids is 1. The number of aryl methyl sites for hydroxylation is 1. The highest BCUT2D eigenvalue weighted by molar-refractivity contribution is 5.50. The van der Waals surface area contributed by atoms with Crippen LogP contribution in [0.1, 0.15) is 12.0 Å². The number of rotatable bonds is 3. The van der Waals surface area contributed by atoms with Crippen LogP contribution in [0.5, 0.6) is 5.75 Å². The molecule has 1 rings (SSSR count). The van der Waals surface area contributed by atoms with Crippen LogP contribution >= 0.6 is 0 Å². The van der Waals surface area contributed by atoms with Gasteiger partial charge in [0.05, 0.1) is 0 Å². The van der Waals surface area contributed by atoms with Crippen LogP contribution < -0.4 is 0 Å². The van der Waals surface area contributed by atoms with Crippen molar-refractivity contribution in [2.45, 2.75) is 12.8 Å². The lowest BCUT2D eigenvalue weighted by Crippen LogP contribution is -1.84. The Morgan fingerprint density at radius 2 is 1.79 bits per heavy atom. The number of benzene rings is 1. The number of hydrogen-bond donors (Lipinski definition) is 1. The molecule has 3 nitrogen and oxygen atoms in total. The zero-order valence-corrected chi connectivity index (χ0v) is 8.56. The summed E-state index contributed by atoms with van der Waals surface area (Å²) in [5.74, 6) is 0.264. The van der Waals surface area contributed by atoms with Gasteiger partial charge in [-0.3, -0.25) is 0 Å². The molecule has 0 aliphatic heterocycles. The van der Waals surface area contributed by atoms with Crippen LogP contribution in [0.3, 0.4) is 0 Å². The van der Waals surface area contributed by atoms with Crippen LogP contribution in [0.15, 0.2) is 24.3 Å². The molecular weight excluding hydrogens is 180 g/mol. The van der Waals surface area contributed by atoms with Gasteiger partial charge in [-0.25, -0.2) is 0 Å². The van der Waals surface area contributed by atoms with Gasteiger partial charge in [0.15, 0.2) is 0 Å². The highest BCUT2D eigenvalue weighted by Gasteiger charge is 1.91. The smallest absolute Gasteiger partial charge is 0.120 e. The molecule has 3 heteroatoms. The third-order valence-corrected chi connectivity index (χ3v) is 1.49. The first-order chi connectivity index (χ1) is 6.74. The van der Waals surface area contributed by atoms with E-state index in [0.717, 1.165) is 18.3 Å². The Bertz CT molecular complexity index is 241. The van der Waals surface area contributed by atoms with Crippen molar-refractivity contribution < 1.29 is 14.6 Å². The molecule has 1 aromatic rings. The van der Waals surface area contributed by atoms with Gasteiger partial charge in [-0.2, -0.15) is 0 Å². The molecule has 14 heavy (non-hydrogen) atoms. The molecule has 0 saturated carbocycles. The van der Waals surface area contributed by atoms with Gasteiger partial charge in [-0.1, -0.05) is 12.1 Å². The third kappa shape index (κ3) is 6.20. The van der Waals surface area contributed by atoms with Crippen LogP contribution in [0.4, 0.5) is 0 Å². The number of methoxy groups -OCH3 is 1. The fourth-order valence-corrected chi connectivity index (χ4v) is 0.888. The van der Waals surface area contributed by atoms with Crippen LogP contribution in [-0.2, 0) is 16.0 Å². The van der Waals surface area contributed by atoms with Gasteiger partial charge < -0.3 is 14.6 Å². The first-order valence-corrected chi connectivity index (χ1v) is 4.36. The number of ether oxygens (including phenoxy) is 1. The lowest BCUT2D eigenvalue weighted by molar-refractivity contribution is -0.107. The number of phenols is 1. The van der Waals surface area contributed by atoms with Crippen molar-refractivity contribution in [1.29, 1.82) is 0 Å². The van der Waals surface area contributed by atoms with Crippen molar-refractivity contribution in [3.63, 3.8) is 0 Å². The van der Waals surface area contributed by atoms with Crippen molar-refractivity contribution in [3.05, 3.63) is 29.8 Å². The average molecular weight is 196 g/mol. The van der Waals surface area contributed by atoms with E-state index in [9.17, 15) is 4.79 Å². The van der Waals surface area contributed by atoms with E-state index in [1.165, 1.54) is 0 Å². The quantitative estimate of drug-likeness (QED) is 0.750. The Morgan fingerprint density at radius 3 is 2.21 bits per heavy atom. The summed E-state index contributed by atoms with van der Waals surface area (Å²) in [7, 11) is 3.25. The van der Waals surface area contributed by atoms with Crippen LogP contribution in [0, 0.1) is 0 Å². The van der Waals surface area contributed by atoms with Gasteiger partial charge in [0, 0.05) is 20.6 Å². The SMILES string of the molecule is COC.O=CCCc1ccc(O)cc1. The van der Waals surface area contributed by atoms with E-state index < -0.39 is 0 Å². The lowest BCUT2D eigenvalue weighted by atomic mass is 10.1. The predicted molar refractivity (Wildman–Crippen MR) is 55.4 cm³/mol. The van der Waals surface area contributed by atoms with Gasteiger partial charge in [0.1, 0.15) is 12.0 Å². The molecule has 0 aliphatic rings. The summed E-state index contributed by atoms with van der Waals surface area (Å²) in [4.78, 5) is 10.00. The largest absolute Gasteiger partial charge is 0.508 e. The molecule has 1 N–H and O–H groups in total. The number of carbonyl (C=O) groups is 1. The van der Waals surface area contributed by atoms with E-state index in [1.54, 1.807) is 26.4 Å². The Hall–Kier alpha value is -1.35. The highest BCUT2D eigenvalue weighted by atomic mass is 16.4. The molecule has 78 valence electrons. The average Bonchev–Trinajstić information content (AvgIpc) is 2.18. The second-order valence-electron chi connectivity index (χ2n) is 2.78. The minimum atomic E-state index is 0.264. The topological polar surface area (TPSA) is 46.5 Å². The maximum absolute atomic E-state index is 10.00. The molecule has 0 fully saturated rings. The van der Waals surface area contributed by atoms with Gasteiger partial charge in [0.25, 0.3) is 0 Å². The molecule has 0 aliphatic carbocycles. The molecule has 0 spiro atoms. The summed E-state index contributed by atoms with van der Waals surface area (Å²) in [6.07, 6.45) is 2.20. The first kappa shape index (κ1) is 12.7. The molecule has 0 heterocycles. The van der Waals surface area contributed by atoms with Crippen LogP contribution in [-0.4, -0.2) is 25.6 Å².